The van der Waals surface area contributed by atoms with Gasteiger partial charge in [0, 0.05) is 21.0 Å². The number of nitrogens with zero attached hydrogens (tertiary/aromatic N) is 1. The lowest BCUT2D eigenvalue weighted by molar-refractivity contribution is 0.103. The zero-order chi connectivity index (χ0) is 19.0. The Morgan fingerprint density at radius 3 is 2.56 bits per heavy atom. The summed E-state index contributed by atoms with van der Waals surface area (Å²) in [5, 5.41) is 6.79. The molecule has 0 aliphatic carbocycles. The molecule has 0 spiro atoms. The van der Waals surface area contributed by atoms with Crippen LogP contribution in [0.3, 0.4) is 0 Å². The molecule has 0 aliphatic rings. The molecule has 0 unspecified atom stereocenters. The molecule has 1 N–H and O–H groups in total. The van der Waals surface area contributed by atoms with Gasteiger partial charge in [0.05, 0.1) is 10.7 Å². The lowest BCUT2D eigenvalue weighted by Crippen LogP contribution is -2.10. The Labute approximate surface area is 170 Å². The monoisotopic (exact) mass is 412 g/mol. The van der Waals surface area contributed by atoms with E-state index in [9.17, 15) is 4.79 Å². The summed E-state index contributed by atoms with van der Waals surface area (Å²) in [4.78, 5) is 17.7. The van der Waals surface area contributed by atoms with E-state index in [1.54, 1.807) is 0 Å². The van der Waals surface area contributed by atoms with Crippen LogP contribution in [0.5, 0.6) is 0 Å². The van der Waals surface area contributed by atoms with E-state index in [1.165, 1.54) is 28.2 Å². The summed E-state index contributed by atoms with van der Waals surface area (Å²) in [6.45, 7) is 4.34. The van der Waals surface area contributed by atoms with Gasteiger partial charge in [0.25, 0.3) is 5.91 Å². The smallest absolute Gasteiger partial charge is 0.269 e. The van der Waals surface area contributed by atoms with Gasteiger partial charge in [0.15, 0.2) is 5.13 Å². The summed E-state index contributed by atoms with van der Waals surface area (Å²) in [5.41, 5.74) is 3.19. The number of nitrogens with one attached hydrogen (secondary N) is 1. The predicted octanol–water partition coefficient (Wildman–Crippen LogP) is 7.05. The molecule has 0 radical (unpaired) electrons. The molecule has 4 aromatic rings. The van der Waals surface area contributed by atoms with Gasteiger partial charge in [-0.05, 0) is 17.5 Å². The fourth-order valence-electron chi connectivity index (χ4n) is 2.82. The van der Waals surface area contributed by atoms with Crippen molar-refractivity contribution in [1.82, 2.24) is 4.98 Å². The Kier molecular flexibility index (Phi) is 5.00. The molecule has 0 fully saturated rings. The third kappa shape index (κ3) is 3.63. The van der Waals surface area contributed by atoms with Gasteiger partial charge in [0.1, 0.15) is 4.88 Å². The molecule has 1 amide bonds. The maximum absolute atomic E-state index is 12.7. The molecule has 0 bridgehead atoms. The number of rotatable bonds is 4. The van der Waals surface area contributed by atoms with E-state index in [-0.39, 0.29) is 5.91 Å². The van der Waals surface area contributed by atoms with Crippen LogP contribution in [0.25, 0.3) is 21.3 Å². The summed E-state index contributed by atoms with van der Waals surface area (Å²) in [5.74, 6) is 0.271. The van der Waals surface area contributed by atoms with Crippen LogP contribution in [-0.2, 0) is 0 Å². The molecule has 0 atom stereocenters. The van der Waals surface area contributed by atoms with Crippen LogP contribution in [0.15, 0.2) is 53.9 Å². The van der Waals surface area contributed by atoms with Gasteiger partial charge < -0.3 is 0 Å². The number of thiophene rings is 1. The van der Waals surface area contributed by atoms with Gasteiger partial charge in [-0.2, -0.15) is 0 Å². The number of fused-ring (bicyclic) bond motifs is 1. The normalized spacial score (nSPS) is 11.3. The van der Waals surface area contributed by atoms with Gasteiger partial charge in [-0.15, -0.1) is 22.7 Å². The lowest BCUT2D eigenvalue weighted by atomic mass is 10.0. The molecule has 136 valence electrons. The quantitative estimate of drug-likeness (QED) is 0.390. The van der Waals surface area contributed by atoms with Crippen LogP contribution < -0.4 is 5.32 Å². The van der Waals surface area contributed by atoms with Crippen molar-refractivity contribution < 1.29 is 4.79 Å². The van der Waals surface area contributed by atoms with E-state index in [4.69, 9.17) is 11.6 Å². The van der Waals surface area contributed by atoms with Crippen molar-refractivity contribution in [3.8, 4) is 11.3 Å². The molecule has 2 aromatic carbocycles. The first-order valence-electron chi connectivity index (χ1n) is 8.57. The Morgan fingerprint density at radius 2 is 1.85 bits per heavy atom. The highest BCUT2D eigenvalue weighted by molar-refractivity contribution is 7.21. The number of halogens is 1. The third-order valence-corrected chi connectivity index (χ3v) is 6.77. The van der Waals surface area contributed by atoms with Crippen LogP contribution in [0.2, 0.25) is 5.02 Å². The van der Waals surface area contributed by atoms with E-state index in [0.717, 1.165) is 21.3 Å². The molecule has 0 saturated heterocycles. The summed E-state index contributed by atoms with van der Waals surface area (Å²) >= 11 is 9.19. The number of hydrogen-bond acceptors (Lipinski definition) is 4. The second kappa shape index (κ2) is 7.43. The minimum atomic E-state index is -0.225. The molecule has 0 saturated carbocycles. The molecular weight excluding hydrogens is 396 g/mol. The zero-order valence-electron chi connectivity index (χ0n) is 14.8. The standard InChI is InChI=1S/C21H17ClN2OS2/c1-12(2)13-7-9-14(10-8-13)16-11-26-21(23-16)24-20(25)19-18(22)15-5-3-4-6-17(15)27-19/h3-12H,1-2H3,(H,23,24,25). The highest BCUT2D eigenvalue weighted by Crippen LogP contribution is 2.36. The van der Waals surface area contributed by atoms with E-state index < -0.39 is 0 Å². The molecule has 27 heavy (non-hydrogen) atoms. The minimum absolute atomic E-state index is 0.225. The van der Waals surface area contributed by atoms with E-state index in [2.05, 4.69) is 48.4 Å². The summed E-state index contributed by atoms with van der Waals surface area (Å²) in [6, 6.07) is 16.1. The maximum Gasteiger partial charge on any atom is 0.269 e. The fraction of sp³-hybridized carbons (Fsp3) is 0.143. The number of hydrogen-bond donors (Lipinski definition) is 1. The van der Waals surface area contributed by atoms with Crippen LogP contribution in [0.1, 0.15) is 35.0 Å². The third-order valence-electron chi connectivity index (χ3n) is 4.34. The van der Waals surface area contributed by atoms with E-state index >= 15 is 0 Å². The van der Waals surface area contributed by atoms with Crippen molar-refractivity contribution in [1.29, 1.82) is 0 Å². The highest BCUT2D eigenvalue weighted by atomic mass is 35.5. The number of amides is 1. The van der Waals surface area contributed by atoms with Crippen LogP contribution in [-0.4, -0.2) is 10.9 Å². The van der Waals surface area contributed by atoms with Gasteiger partial charge in [-0.1, -0.05) is 67.9 Å². The lowest BCUT2D eigenvalue weighted by Gasteiger charge is -2.05. The van der Waals surface area contributed by atoms with Gasteiger partial charge in [-0.3, -0.25) is 10.1 Å². The number of carbonyl (C=O) groups excluding carboxylic acids is 1. The van der Waals surface area contributed by atoms with Crippen LogP contribution in [0.4, 0.5) is 5.13 Å². The Morgan fingerprint density at radius 1 is 1.11 bits per heavy atom. The van der Waals surface area contributed by atoms with Gasteiger partial charge in [0.2, 0.25) is 0 Å². The Balaban J connectivity index is 1.55. The average molecular weight is 413 g/mol. The number of aromatic nitrogens is 1. The molecule has 6 heteroatoms. The fourth-order valence-corrected chi connectivity index (χ4v) is 4.94. The van der Waals surface area contributed by atoms with Gasteiger partial charge >= 0.3 is 0 Å². The average Bonchev–Trinajstić information content (AvgIpc) is 3.27. The Bertz CT molecular complexity index is 1110. The van der Waals surface area contributed by atoms with E-state index in [1.807, 2.05) is 29.6 Å². The summed E-state index contributed by atoms with van der Waals surface area (Å²) < 4.78 is 0.998. The van der Waals surface area contributed by atoms with Crippen molar-refractivity contribution in [3.05, 3.63) is 69.4 Å². The van der Waals surface area contributed by atoms with Gasteiger partial charge in [-0.25, -0.2) is 4.98 Å². The number of thiazole rings is 1. The SMILES string of the molecule is CC(C)c1ccc(-c2csc(NC(=O)c3sc4ccccc4c3Cl)n2)cc1. The van der Waals surface area contributed by atoms with E-state index in [0.29, 0.717) is 20.9 Å². The predicted molar refractivity (Wildman–Crippen MR) is 116 cm³/mol. The second-order valence-electron chi connectivity index (χ2n) is 6.51. The van der Waals surface area contributed by atoms with Crippen molar-refractivity contribution in [2.24, 2.45) is 0 Å². The zero-order valence-corrected chi connectivity index (χ0v) is 17.2. The topological polar surface area (TPSA) is 42.0 Å². The Hall–Kier alpha value is -2.21. The van der Waals surface area contributed by atoms with Crippen molar-refractivity contribution in [2.75, 3.05) is 5.32 Å². The molecular formula is C21H17ClN2OS2. The van der Waals surface area contributed by atoms with Crippen molar-refractivity contribution >= 4 is 55.4 Å². The number of carbonyl (C=O) groups is 1. The van der Waals surface area contributed by atoms with Crippen LogP contribution in [0, 0.1) is 0 Å². The first-order chi connectivity index (χ1) is 13.0. The largest absolute Gasteiger partial charge is 0.297 e. The van der Waals surface area contributed by atoms with Crippen LogP contribution >= 0.6 is 34.3 Å². The molecule has 4 rings (SSSR count). The maximum atomic E-state index is 12.7. The highest BCUT2D eigenvalue weighted by Gasteiger charge is 2.18. The molecule has 2 heterocycles. The van der Waals surface area contributed by atoms with Crippen molar-refractivity contribution in [3.63, 3.8) is 0 Å². The summed E-state index contributed by atoms with van der Waals surface area (Å²) in [7, 11) is 0. The molecule has 0 aliphatic heterocycles. The second-order valence-corrected chi connectivity index (χ2v) is 8.80. The number of benzene rings is 2. The first-order valence-corrected chi connectivity index (χ1v) is 10.6. The van der Waals surface area contributed by atoms with Crippen molar-refractivity contribution in [2.45, 2.75) is 19.8 Å². The molecule has 3 nitrogen and oxygen atoms in total. The minimum Gasteiger partial charge on any atom is -0.297 e. The summed E-state index contributed by atoms with van der Waals surface area (Å²) in [6.07, 6.45) is 0. The first kappa shape index (κ1) is 18.2. The molecule has 2 aromatic heterocycles. The number of anilines is 1.